The van der Waals surface area contributed by atoms with Crippen molar-refractivity contribution in [2.75, 3.05) is 12.1 Å². The van der Waals surface area contributed by atoms with Crippen molar-refractivity contribution in [2.45, 2.75) is 13.5 Å². The van der Waals surface area contributed by atoms with Crippen molar-refractivity contribution in [3.8, 4) is 11.5 Å². The molecule has 5 heteroatoms. The summed E-state index contributed by atoms with van der Waals surface area (Å²) in [5.41, 5.74) is 3.44. The summed E-state index contributed by atoms with van der Waals surface area (Å²) in [6.07, 6.45) is 0. The first-order valence-corrected chi connectivity index (χ1v) is 7.80. The van der Waals surface area contributed by atoms with E-state index < -0.39 is 0 Å². The van der Waals surface area contributed by atoms with Gasteiger partial charge in [0.1, 0.15) is 0 Å². The van der Waals surface area contributed by atoms with Crippen LogP contribution >= 0.6 is 31.9 Å². The van der Waals surface area contributed by atoms with Crippen molar-refractivity contribution in [1.29, 1.82) is 0 Å². The molecule has 0 saturated carbocycles. The summed E-state index contributed by atoms with van der Waals surface area (Å²) in [6.45, 7) is 3.08. The molecular weight excluding hydrogens is 386 g/mol. The molecule has 0 amide bonds. The van der Waals surface area contributed by atoms with Crippen molar-refractivity contribution in [1.82, 2.24) is 0 Å². The van der Waals surface area contributed by atoms with Crippen molar-refractivity contribution < 1.29 is 9.47 Å². The maximum absolute atomic E-state index is 5.43. The van der Waals surface area contributed by atoms with Crippen molar-refractivity contribution in [3.05, 3.63) is 50.4 Å². The van der Waals surface area contributed by atoms with Crippen LogP contribution < -0.4 is 14.8 Å². The third kappa shape index (κ3) is 2.79. The number of rotatable bonds is 3. The molecule has 0 atom stereocenters. The minimum Gasteiger partial charge on any atom is -0.454 e. The van der Waals surface area contributed by atoms with Crippen LogP contribution in [-0.4, -0.2) is 6.79 Å². The fraction of sp³-hybridized carbons (Fsp3) is 0.200. The highest BCUT2D eigenvalue weighted by molar-refractivity contribution is 9.11. The zero-order valence-corrected chi connectivity index (χ0v) is 14.0. The van der Waals surface area contributed by atoms with Gasteiger partial charge >= 0.3 is 0 Å². The van der Waals surface area contributed by atoms with Crippen LogP contribution in [0.15, 0.2) is 39.3 Å². The van der Waals surface area contributed by atoms with E-state index in [2.05, 4.69) is 56.2 Å². The van der Waals surface area contributed by atoms with Crippen LogP contribution in [0.3, 0.4) is 0 Å². The van der Waals surface area contributed by atoms with E-state index in [0.717, 1.165) is 38.2 Å². The number of hydrogen-bond acceptors (Lipinski definition) is 3. The number of halogens is 2. The molecule has 2 aromatic carbocycles. The number of nitrogens with one attached hydrogen (secondary N) is 1. The molecule has 0 unspecified atom stereocenters. The molecule has 104 valence electrons. The van der Waals surface area contributed by atoms with Crippen LogP contribution in [0.2, 0.25) is 0 Å². The zero-order valence-electron chi connectivity index (χ0n) is 10.9. The first-order valence-electron chi connectivity index (χ1n) is 6.21. The lowest BCUT2D eigenvalue weighted by Gasteiger charge is -2.11. The van der Waals surface area contributed by atoms with Gasteiger partial charge in [0.15, 0.2) is 11.5 Å². The van der Waals surface area contributed by atoms with Gasteiger partial charge in [-0.2, -0.15) is 0 Å². The summed E-state index contributed by atoms with van der Waals surface area (Å²) >= 11 is 7.06. The van der Waals surface area contributed by atoms with E-state index in [1.165, 1.54) is 5.56 Å². The van der Waals surface area contributed by atoms with Crippen LogP contribution in [0, 0.1) is 6.92 Å². The Morgan fingerprint density at radius 1 is 1.10 bits per heavy atom. The molecule has 3 nitrogen and oxygen atoms in total. The molecule has 0 saturated heterocycles. The Bertz CT molecular complexity index is 659. The predicted octanol–water partition coefficient (Wildman–Crippen LogP) is 4.86. The lowest BCUT2D eigenvalue weighted by Crippen LogP contribution is -2.00. The Balaban J connectivity index is 1.79. The second kappa shape index (κ2) is 5.66. The van der Waals surface area contributed by atoms with Gasteiger partial charge in [-0.3, -0.25) is 0 Å². The number of aryl methyl sites for hydroxylation is 1. The number of fused-ring (bicyclic) bond motifs is 1. The zero-order chi connectivity index (χ0) is 14.1. The third-order valence-electron chi connectivity index (χ3n) is 3.09. The average molecular weight is 399 g/mol. The van der Waals surface area contributed by atoms with E-state index in [1.807, 2.05) is 18.2 Å². The van der Waals surface area contributed by atoms with Gasteiger partial charge in [-0.25, -0.2) is 0 Å². The molecule has 3 rings (SSSR count). The van der Waals surface area contributed by atoms with Gasteiger partial charge < -0.3 is 14.8 Å². The number of hydrogen-bond donors (Lipinski definition) is 1. The van der Waals surface area contributed by atoms with E-state index >= 15 is 0 Å². The van der Waals surface area contributed by atoms with Crippen LogP contribution in [-0.2, 0) is 6.54 Å². The quantitative estimate of drug-likeness (QED) is 0.800. The van der Waals surface area contributed by atoms with Crippen molar-refractivity contribution in [2.24, 2.45) is 0 Å². The molecule has 1 N–H and O–H groups in total. The van der Waals surface area contributed by atoms with Gasteiger partial charge in [0.2, 0.25) is 6.79 Å². The van der Waals surface area contributed by atoms with Crippen molar-refractivity contribution in [3.63, 3.8) is 0 Å². The van der Waals surface area contributed by atoms with Gasteiger partial charge in [-0.1, -0.05) is 6.07 Å². The largest absolute Gasteiger partial charge is 0.454 e. The molecule has 2 aromatic rings. The first-order chi connectivity index (χ1) is 9.63. The topological polar surface area (TPSA) is 30.5 Å². The second-order valence-corrected chi connectivity index (χ2v) is 6.36. The number of benzene rings is 2. The summed E-state index contributed by atoms with van der Waals surface area (Å²) in [5.74, 6) is 1.57. The Morgan fingerprint density at radius 2 is 1.95 bits per heavy atom. The normalized spacial score (nSPS) is 12.6. The minimum absolute atomic E-state index is 0.286. The molecule has 1 aliphatic heterocycles. The summed E-state index contributed by atoms with van der Waals surface area (Å²) in [7, 11) is 0. The molecular formula is C15H13Br2NO2. The highest BCUT2D eigenvalue weighted by atomic mass is 79.9. The Labute approximate surface area is 134 Å². The van der Waals surface area contributed by atoms with E-state index in [-0.39, 0.29) is 6.79 Å². The highest BCUT2D eigenvalue weighted by Gasteiger charge is 2.17. The predicted molar refractivity (Wildman–Crippen MR) is 86.5 cm³/mol. The summed E-state index contributed by atoms with van der Waals surface area (Å²) in [6, 6.07) is 10.3. The van der Waals surface area contributed by atoms with Gasteiger partial charge in [-0.15, -0.1) is 0 Å². The van der Waals surface area contributed by atoms with Crippen LogP contribution in [0.5, 0.6) is 11.5 Å². The summed E-state index contributed by atoms with van der Waals surface area (Å²) < 4.78 is 12.8. The molecule has 0 spiro atoms. The van der Waals surface area contributed by atoms with E-state index in [1.54, 1.807) is 0 Å². The lowest BCUT2D eigenvalue weighted by molar-refractivity contribution is 0.173. The summed E-state index contributed by atoms with van der Waals surface area (Å²) in [5, 5.41) is 3.42. The molecule has 0 aliphatic carbocycles. The SMILES string of the molecule is Cc1ccc(Br)c(NCc2cc(Br)c3c(c2)OCO3)c1. The Morgan fingerprint density at radius 3 is 2.80 bits per heavy atom. The van der Waals surface area contributed by atoms with Gasteiger partial charge in [0.05, 0.1) is 4.47 Å². The van der Waals surface area contributed by atoms with Gasteiger partial charge in [0, 0.05) is 16.7 Å². The molecule has 0 fully saturated rings. The Hall–Kier alpha value is -1.20. The van der Waals surface area contributed by atoms with Gasteiger partial charge in [-0.05, 0) is 74.2 Å². The van der Waals surface area contributed by atoms with E-state index in [4.69, 9.17) is 9.47 Å². The third-order valence-corrected chi connectivity index (χ3v) is 4.37. The van der Waals surface area contributed by atoms with Crippen molar-refractivity contribution >= 4 is 37.5 Å². The molecule has 20 heavy (non-hydrogen) atoms. The highest BCUT2D eigenvalue weighted by Crippen LogP contribution is 2.40. The second-order valence-electron chi connectivity index (χ2n) is 4.65. The van der Waals surface area contributed by atoms with E-state index in [9.17, 15) is 0 Å². The van der Waals surface area contributed by atoms with Gasteiger partial charge in [0.25, 0.3) is 0 Å². The van der Waals surface area contributed by atoms with E-state index in [0.29, 0.717) is 0 Å². The molecule has 1 aliphatic rings. The average Bonchev–Trinajstić information content (AvgIpc) is 2.89. The Kier molecular flexibility index (Phi) is 3.89. The summed E-state index contributed by atoms with van der Waals surface area (Å²) in [4.78, 5) is 0. The smallest absolute Gasteiger partial charge is 0.231 e. The monoisotopic (exact) mass is 397 g/mol. The lowest BCUT2D eigenvalue weighted by atomic mass is 10.2. The maximum atomic E-state index is 5.43. The molecule has 0 radical (unpaired) electrons. The van der Waals surface area contributed by atoms with Crippen LogP contribution in [0.25, 0.3) is 0 Å². The molecule has 0 bridgehead atoms. The molecule has 1 heterocycles. The fourth-order valence-electron chi connectivity index (χ4n) is 2.09. The minimum atomic E-state index is 0.286. The fourth-order valence-corrected chi connectivity index (χ4v) is 3.09. The maximum Gasteiger partial charge on any atom is 0.231 e. The standard InChI is InChI=1S/C15H13Br2NO2/c1-9-2-3-11(16)13(4-9)18-7-10-5-12(17)15-14(6-10)19-8-20-15/h2-6,18H,7-8H2,1H3. The first kappa shape index (κ1) is 13.8. The molecule has 0 aromatic heterocycles. The van der Waals surface area contributed by atoms with Crippen LogP contribution in [0.4, 0.5) is 5.69 Å². The van der Waals surface area contributed by atoms with Crippen LogP contribution in [0.1, 0.15) is 11.1 Å². The number of anilines is 1. The number of ether oxygens (including phenoxy) is 2.